The van der Waals surface area contributed by atoms with Gasteiger partial charge in [0.1, 0.15) is 0 Å². The van der Waals surface area contributed by atoms with Crippen LogP contribution in [0.3, 0.4) is 0 Å². The highest BCUT2D eigenvalue weighted by Gasteiger charge is 2.38. The van der Waals surface area contributed by atoms with Crippen LogP contribution in [-0.4, -0.2) is 41.0 Å². The molecular weight excluding hydrogens is 405 g/mol. The number of benzene rings is 2. The zero-order valence-corrected chi connectivity index (χ0v) is 18.0. The van der Waals surface area contributed by atoms with Crippen LogP contribution in [0.2, 0.25) is 10.0 Å². The molecule has 2 aliphatic rings. The zero-order chi connectivity index (χ0) is 20.2. The normalized spacial score (nSPS) is 17.9. The minimum atomic E-state index is 0.0417. The third-order valence-corrected chi connectivity index (χ3v) is 6.54. The molecule has 0 atom stereocenters. The van der Waals surface area contributed by atoms with Gasteiger partial charge in [-0.25, -0.2) is 4.79 Å². The first-order valence-corrected chi connectivity index (χ1v) is 11.1. The standard InChI is InChI=1S/C23H27Cl2N3O/c24-21-9-6-18(14-22(21)25)15-26-23(29)28(19-7-8-19)20-10-12-27(13-11-20)16-17-4-2-1-3-5-17/h1-6,9,14,19-20H,7-8,10-13,15-16H2,(H,26,29). The van der Waals surface area contributed by atoms with Crippen LogP contribution in [-0.2, 0) is 13.1 Å². The predicted octanol–water partition coefficient (Wildman–Crippen LogP) is 5.33. The third-order valence-electron chi connectivity index (χ3n) is 5.80. The Morgan fingerprint density at radius 3 is 2.28 bits per heavy atom. The van der Waals surface area contributed by atoms with Crippen LogP contribution in [0.5, 0.6) is 0 Å². The van der Waals surface area contributed by atoms with Crippen molar-refractivity contribution in [1.29, 1.82) is 0 Å². The maximum absolute atomic E-state index is 13.0. The largest absolute Gasteiger partial charge is 0.334 e. The first-order valence-electron chi connectivity index (χ1n) is 10.4. The number of carbonyl (C=O) groups excluding carboxylic acids is 1. The van der Waals surface area contributed by atoms with Crippen LogP contribution in [0.4, 0.5) is 4.79 Å². The van der Waals surface area contributed by atoms with Crippen molar-refractivity contribution in [1.82, 2.24) is 15.1 Å². The first kappa shape index (κ1) is 20.5. The molecule has 2 aromatic carbocycles. The number of amides is 2. The van der Waals surface area contributed by atoms with Crippen LogP contribution in [0.15, 0.2) is 48.5 Å². The highest BCUT2D eigenvalue weighted by Crippen LogP contribution is 2.32. The maximum atomic E-state index is 13.0. The topological polar surface area (TPSA) is 35.6 Å². The molecule has 4 nitrogen and oxygen atoms in total. The van der Waals surface area contributed by atoms with E-state index >= 15 is 0 Å². The number of carbonyl (C=O) groups is 1. The van der Waals surface area contributed by atoms with E-state index in [-0.39, 0.29) is 6.03 Å². The zero-order valence-electron chi connectivity index (χ0n) is 16.5. The van der Waals surface area contributed by atoms with Gasteiger partial charge in [-0.15, -0.1) is 0 Å². The van der Waals surface area contributed by atoms with Crippen molar-refractivity contribution in [3.8, 4) is 0 Å². The van der Waals surface area contributed by atoms with Gasteiger partial charge in [-0.1, -0.05) is 59.6 Å². The summed E-state index contributed by atoms with van der Waals surface area (Å²) in [5.74, 6) is 0. The molecule has 1 heterocycles. The Bertz CT molecular complexity index is 833. The second-order valence-corrected chi connectivity index (χ2v) is 8.85. The summed E-state index contributed by atoms with van der Waals surface area (Å²) in [5.41, 5.74) is 2.31. The number of rotatable bonds is 6. The van der Waals surface area contributed by atoms with Crippen molar-refractivity contribution in [2.75, 3.05) is 13.1 Å². The highest BCUT2D eigenvalue weighted by molar-refractivity contribution is 6.42. The Kier molecular flexibility index (Phi) is 6.63. The van der Waals surface area contributed by atoms with Gasteiger partial charge in [0, 0.05) is 38.3 Å². The van der Waals surface area contributed by atoms with Gasteiger partial charge >= 0.3 is 6.03 Å². The SMILES string of the molecule is O=C(NCc1ccc(Cl)c(Cl)c1)N(C1CC1)C1CCN(Cc2ccccc2)CC1. The summed E-state index contributed by atoms with van der Waals surface area (Å²) in [6.45, 7) is 3.51. The number of piperidine rings is 1. The lowest BCUT2D eigenvalue weighted by molar-refractivity contribution is 0.113. The fourth-order valence-corrected chi connectivity index (χ4v) is 4.42. The molecule has 0 bridgehead atoms. The molecule has 0 spiro atoms. The number of urea groups is 1. The molecule has 1 aliphatic carbocycles. The Labute approximate surface area is 182 Å². The molecule has 0 radical (unpaired) electrons. The minimum absolute atomic E-state index is 0.0417. The van der Waals surface area contributed by atoms with Crippen LogP contribution >= 0.6 is 23.2 Å². The van der Waals surface area contributed by atoms with Gasteiger partial charge in [-0.2, -0.15) is 0 Å². The molecule has 2 aromatic rings. The summed E-state index contributed by atoms with van der Waals surface area (Å²) < 4.78 is 0. The Morgan fingerprint density at radius 2 is 1.62 bits per heavy atom. The third kappa shape index (κ3) is 5.44. The fraction of sp³-hybridized carbons (Fsp3) is 0.435. The van der Waals surface area contributed by atoms with Gasteiger partial charge in [-0.3, -0.25) is 4.90 Å². The molecule has 1 aliphatic heterocycles. The van der Waals surface area contributed by atoms with Gasteiger partial charge in [0.15, 0.2) is 0 Å². The average Bonchev–Trinajstić information content (AvgIpc) is 3.56. The van der Waals surface area contributed by atoms with Crippen LogP contribution in [0, 0.1) is 0 Å². The number of likely N-dealkylation sites (tertiary alicyclic amines) is 1. The van der Waals surface area contributed by atoms with Gasteiger partial charge in [0.25, 0.3) is 0 Å². The summed E-state index contributed by atoms with van der Waals surface area (Å²) in [6, 6.07) is 16.8. The lowest BCUT2D eigenvalue weighted by Crippen LogP contribution is -2.51. The highest BCUT2D eigenvalue weighted by atomic mass is 35.5. The monoisotopic (exact) mass is 431 g/mol. The minimum Gasteiger partial charge on any atom is -0.334 e. The molecular formula is C23H27Cl2N3O. The molecule has 154 valence electrons. The van der Waals surface area contributed by atoms with E-state index in [0.717, 1.165) is 50.9 Å². The van der Waals surface area contributed by atoms with E-state index in [0.29, 0.717) is 28.7 Å². The van der Waals surface area contributed by atoms with E-state index in [1.54, 1.807) is 6.07 Å². The van der Waals surface area contributed by atoms with Crippen molar-refractivity contribution in [2.45, 2.75) is 50.9 Å². The van der Waals surface area contributed by atoms with Gasteiger partial charge in [0.05, 0.1) is 10.0 Å². The molecule has 0 aromatic heterocycles. The van der Waals surface area contributed by atoms with E-state index < -0.39 is 0 Å². The summed E-state index contributed by atoms with van der Waals surface area (Å²) in [6.07, 6.45) is 4.29. The van der Waals surface area contributed by atoms with E-state index in [1.807, 2.05) is 12.1 Å². The quantitative estimate of drug-likeness (QED) is 0.670. The van der Waals surface area contributed by atoms with Crippen LogP contribution in [0.25, 0.3) is 0 Å². The average molecular weight is 432 g/mol. The Hall–Kier alpha value is -1.75. The molecule has 1 saturated carbocycles. The Balaban J connectivity index is 1.31. The second kappa shape index (κ2) is 9.38. The number of nitrogens with one attached hydrogen (secondary N) is 1. The van der Waals surface area contributed by atoms with Crippen LogP contribution in [0.1, 0.15) is 36.8 Å². The van der Waals surface area contributed by atoms with Crippen molar-refractivity contribution < 1.29 is 4.79 Å². The fourth-order valence-electron chi connectivity index (χ4n) is 4.10. The van der Waals surface area contributed by atoms with Gasteiger partial charge < -0.3 is 10.2 Å². The molecule has 1 saturated heterocycles. The molecule has 29 heavy (non-hydrogen) atoms. The van der Waals surface area contributed by atoms with E-state index in [9.17, 15) is 4.79 Å². The van der Waals surface area contributed by atoms with Gasteiger partial charge in [0.2, 0.25) is 0 Å². The molecule has 2 amide bonds. The van der Waals surface area contributed by atoms with Crippen molar-refractivity contribution in [3.05, 3.63) is 69.7 Å². The molecule has 0 unspecified atom stereocenters. The summed E-state index contributed by atoms with van der Waals surface area (Å²) in [7, 11) is 0. The molecule has 6 heteroatoms. The number of hydrogen-bond donors (Lipinski definition) is 1. The lowest BCUT2D eigenvalue weighted by Gasteiger charge is -2.38. The first-order chi connectivity index (χ1) is 14.1. The van der Waals surface area contributed by atoms with E-state index in [1.165, 1.54) is 5.56 Å². The van der Waals surface area contributed by atoms with E-state index in [4.69, 9.17) is 23.2 Å². The second-order valence-electron chi connectivity index (χ2n) is 8.04. The van der Waals surface area contributed by atoms with Gasteiger partial charge in [-0.05, 0) is 48.9 Å². The smallest absolute Gasteiger partial charge is 0.318 e. The number of halogens is 2. The number of nitrogens with zero attached hydrogens (tertiary/aromatic N) is 2. The van der Waals surface area contributed by atoms with E-state index in [2.05, 4.69) is 45.4 Å². The lowest BCUT2D eigenvalue weighted by atomic mass is 10.0. The summed E-state index contributed by atoms with van der Waals surface area (Å²) >= 11 is 12.1. The Morgan fingerprint density at radius 1 is 0.931 bits per heavy atom. The molecule has 1 N–H and O–H groups in total. The predicted molar refractivity (Wildman–Crippen MR) is 118 cm³/mol. The van der Waals surface area contributed by atoms with Crippen molar-refractivity contribution in [2.24, 2.45) is 0 Å². The number of hydrogen-bond acceptors (Lipinski definition) is 2. The molecule has 4 rings (SSSR count). The van der Waals surface area contributed by atoms with Crippen molar-refractivity contribution in [3.63, 3.8) is 0 Å². The summed E-state index contributed by atoms with van der Waals surface area (Å²) in [4.78, 5) is 17.6. The summed E-state index contributed by atoms with van der Waals surface area (Å²) in [5, 5.41) is 4.14. The van der Waals surface area contributed by atoms with Crippen LogP contribution < -0.4 is 5.32 Å². The molecule has 2 fully saturated rings. The van der Waals surface area contributed by atoms with Crippen molar-refractivity contribution >= 4 is 29.2 Å². The maximum Gasteiger partial charge on any atom is 0.318 e.